The van der Waals surface area contributed by atoms with Gasteiger partial charge in [-0.2, -0.15) is 0 Å². The molecule has 0 atom stereocenters. The van der Waals surface area contributed by atoms with Gasteiger partial charge in [0.1, 0.15) is 0 Å². The van der Waals surface area contributed by atoms with Crippen LogP contribution in [-0.2, 0) is 0 Å². The summed E-state index contributed by atoms with van der Waals surface area (Å²) in [7, 11) is 0. The third-order valence-electron chi connectivity index (χ3n) is 5.44. The van der Waals surface area contributed by atoms with E-state index in [4.69, 9.17) is 10.2 Å². The molecule has 152 valence electrons. The topological polar surface area (TPSA) is 24.7 Å². The Balaban J connectivity index is 1.64. The zero-order valence-corrected chi connectivity index (χ0v) is 17.6. The van der Waals surface area contributed by atoms with Gasteiger partial charge >= 0.3 is 0 Å². The average molecular weight is 411 g/mol. The van der Waals surface area contributed by atoms with Crippen LogP contribution in [0.5, 0.6) is 0 Å². The summed E-state index contributed by atoms with van der Waals surface area (Å²) in [5, 5.41) is 9.45. The van der Waals surface area contributed by atoms with E-state index in [2.05, 4.69) is 72.8 Å². The largest absolute Gasteiger partial charge is 0.150 e. The summed E-state index contributed by atoms with van der Waals surface area (Å²) in [6, 6.07) is 45.5. The Bertz CT molecular complexity index is 1340. The fourth-order valence-corrected chi connectivity index (χ4v) is 3.92. The number of azo groups is 1. The van der Waals surface area contributed by atoms with Crippen molar-refractivity contribution in [3.05, 3.63) is 133 Å². The molecule has 0 saturated carbocycles. The van der Waals surface area contributed by atoms with E-state index in [9.17, 15) is 0 Å². The standard InChI is InChI=1S/C30H22N2/c1-4-13-23(14-5-1)26-19-10-11-21-28(26)31-32-29-22-12-20-27(24-15-6-2-7-16-24)30(29)25-17-8-3-9-18-25/h1-22H. The molecule has 5 aromatic carbocycles. The molecule has 2 nitrogen and oxygen atoms in total. The van der Waals surface area contributed by atoms with E-state index in [1.807, 2.05) is 60.7 Å². The molecule has 0 aliphatic carbocycles. The smallest absolute Gasteiger partial charge is 0.0941 e. The van der Waals surface area contributed by atoms with E-state index in [1.54, 1.807) is 0 Å². The summed E-state index contributed by atoms with van der Waals surface area (Å²) in [6.45, 7) is 0. The SMILES string of the molecule is c1ccc(-c2ccccc2N=Nc2cccc(-c3ccccc3)c2-c2ccccc2)cc1. The minimum atomic E-state index is 0.848. The number of benzene rings is 5. The Morgan fingerprint density at radius 1 is 0.312 bits per heavy atom. The highest BCUT2D eigenvalue weighted by Gasteiger charge is 2.12. The van der Waals surface area contributed by atoms with Crippen molar-refractivity contribution in [2.24, 2.45) is 10.2 Å². The summed E-state index contributed by atoms with van der Waals surface area (Å²) < 4.78 is 0. The van der Waals surface area contributed by atoms with Crippen LogP contribution in [0.2, 0.25) is 0 Å². The van der Waals surface area contributed by atoms with Crippen molar-refractivity contribution in [3.63, 3.8) is 0 Å². The fourth-order valence-electron chi connectivity index (χ4n) is 3.92. The summed E-state index contributed by atoms with van der Waals surface area (Å²) in [4.78, 5) is 0. The summed E-state index contributed by atoms with van der Waals surface area (Å²) in [6.07, 6.45) is 0. The Morgan fingerprint density at radius 2 is 0.750 bits per heavy atom. The maximum Gasteiger partial charge on any atom is 0.0941 e. The van der Waals surface area contributed by atoms with Gasteiger partial charge in [0.25, 0.3) is 0 Å². The number of nitrogens with zero attached hydrogens (tertiary/aromatic N) is 2. The van der Waals surface area contributed by atoms with Gasteiger partial charge in [-0.25, -0.2) is 0 Å². The number of rotatable bonds is 5. The monoisotopic (exact) mass is 410 g/mol. The molecule has 32 heavy (non-hydrogen) atoms. The van der Waals surface area contributed by atoms with Crippen molar-refractivity contribution in [2.75, 3.05) is 0 Å². The van der Waals surface area contributed by atoms with Crippen LogP contribution in [0.25, 0.3) is 33.4 Å². The van der Waals surface area contributed by atoms with Crippen LogP contribution in [0.15, 0.2) is 144 Å². The van der Waals surface area contributed by atoms with Crippen LogP contribution in [0.3, 0.4) is 0 Å². The van der Waals surface area contributed by atoms with E-state index in [1.165, 1.54) is 0 Å². The van der Waals surface area contributed by atoms with Crippen LogP contribution in [-0.4, -0.2) is 0 Å². The third-order valence-corrected chi connectivity index (χ3v) is 5.44. The molecular formula is C30H22N2. The number of hydrogen-bond donors (Lipinski definition) is 0. The lowest BCUT2D eigenvalue weighted by Crippen LogP contribution is -1.86. The minimum Gasteiger partial charge on any atom is -0.150 e. The van der Waals surface area contributed by atoms with Crippen molar-refractivity contribution in [1.82, 2.24) is 0 Å². The van der Waals surface area contributed by atoms with Gasteiger partial charge in [0.05, 0.1) is 11.4 Å². The van der Waals surface area contributed by atoms with Crippen LogP contribution in [0.4, 0.5) is 11.4 Å². The predicted octanol–water partition coefficient (Wildman–Crippen LogP) is 9.10. The summed E-state index contributed by atoms with van der Waals surface area (Å²) in [5.41, 5.74) is 8.40. The molecule has 5 rings (SSSR count). The molecule has 2 heteroatoms. The highest BCUT2D eigenvalue weighted by atomic mass is 15.1. The second-order valence-electron chi connectivity index (χ2n) is 7.51. The maximum atomic E-state index is 4.75. The van der Waals surface area contributed by atoms with Crippen molar-refractivity contribution in [3.8, 4) is 33.4 Å². The van der Waals surface area contributed by atoms with Crippen molar-refractivity contribution in [1.29, 1.82) is 0 Å². The molecule has 0 fully saturated rings. The van der Waals surface area contributed by atoms with E-state index >= 15 is 0 Å². The van der Waals surface area contributed by atoms with E-state index in [-0.39, 0.29) is 0 Å². The molecule has 0 bridgehead atoms. The normalized spacial score (nSPS) is 11.0. The van der Waals surface area contributed by atoms with Gasteiger partial charge in [0.2, 0.25) is 0 Å². The molecule has 0 spiro atoms. The molecule has 0 unspecified atom stereocenters. The predicted molar refractivity (Wildman–Crippen MR) is 133 cm³/mol. The minimum absolute atomic E-state index is 0.848. The second-order valence-corrected chi connectivity index (χ2v) is 7.51. The first-order valence-electron chi connectivity index (χ1n) is 10.7. The van der Waals surface area contributed by atoms with Gasteiger partial charge < -0.3 is 0 Å². The molecule has 0 aromatic heterocycles. The van der Waals surface area contributed by atoms with Crippen molar-refractivity contribution in [2.45, 2.75) is 0 Å². The summed E-state index contributed by atoms with van der Waals surface area (Å²) in [5.74, 6) is 0. The molecule has 0 radical (unpaired) electrons. The van der Waals surface area contributed by atoms with Gasteiger partial charge in [-0.15, -0.1) is 10.2 Å². The Labute approximate surface area is 188 Å². The van der Waals surface area contributed by atoms with Crippen molar-refractivity contribution < 1.29 is 0 Å². The molecule has 0 amide bonds. The highest BCUT2D eigenvalue weighted by molar-refractivity contribution is 5.90. The first-order valence-corrected chi connectivity index (χ1v) is 10.7. The van der Waals surface area contributed by atoms with Gasteiger partial charge in [-0.1, -0.05) is 121 Å². The quantitative estimate of drug-likeness (QED) is 0.258. The fraction of sp³-hybridized carbons (Fsp3) is 0. The Hall–Kier alpha value is -4.30. The summed E-state index contributed by atoms with van der Waals surface area (Å²) >= 11 is 0. The molecule has 5 aromatic rings. The molecular weight excluding hydrogens is 388 g/mol. The van der Waals surface area contributed by atoms with E-state index in [0.29, 0.717) is 0 Å². The number of hydrogen-bond acceptors (Lipinski definition) is 2. The first-order chi connectivity index (χ1) is 15.9. The molecule has 0 heterocycles. The van der Waals surface area contributed by atoms with Crippen LogP contribution in [0, 0.1) is 0 Å². The lowest BCUT2D eigenvalue weighted by molar-refractivity contribution is 1.23. The molecule has 0 N–H and O–H groups in total. The molecule has 0 aliphatic rings. The van der Waals surface area contributed by atoms with Gasteiger partial charge in [-0.3, -0.25) is 0 Å². The molecule has 0 aliphatic heterocycles. The van der Waals surface area contributed by atoms with Crippen LogP contribution in [0.1, 0.15) is 0 Å². The van der Waals surface area contributed by atoms with Crippen molar-refractivity contribution >= 4 is 11.4 Å². The lowest BCUT2D eigenvalue weighted by atomic mass is 9.93. The zero-order valence-electron chi connectivity index (χ0n) is 17.6. The second kappa shape index (κ2) is 9.23. The maximum absolute atomic E-state index is 4.75. The van der Waals surface area contributed by atoms with Crippen LogP contribution >= 0.6 is 0 Å². The van der Waals surface area contributed by atoms with E-state index < -0.39 is 0 Å². The van der Waals surface area contributed by atoms with E-state index in [0.717, 1.165) is 44.8 Å². The van der Waals surface area contributed by atoms with Gasteiger partial charge in [0.15, 0.2) is 0 Å². The van der Waals surface area contributed by atoms with Crippen LogP contribution < -0.4 is 0 Å². The van der Waals surface area contributed by atoms with Gasteiger partial charge in [-0.05, 0) is 34.4 Å². The third kappa shape index (κ3) is 4.12. The zero-order chi connectivity index (χ0) is 21.6. The Morgan fingerprint density at radius 3 is 1.41 bits per heavy atom. The lowest BCUT2D eigenvalue weighted by Gasteiger charge is -2.13. The highest BCUT2D eigenvalue weighted by Crippen LogP contribution is 2.40. The average Bonchev–Trinajstić information content (AvgIpc) is 2.89. The Kier molecular flexibility index (Phi) is 5.67. The molecule has 0 saturated heterocycles. The first kappa shape index (κ1) is 19.7. The van der Waals surface area contributed by atoms with Gasteiger partial charge in [0, 0.05) is 11.1 Å².